The van der Waals surface area contributed by atoms with E-state index in [-0.39, 0.29) is 29.4 Å². The van der Waals surface area contributed by atoms with Crippen molar-refractivity contribution in [3.63, 3.8) is 0 Å². The summed E-state index contributed by atoms with van der Waals surface area (Å²) in [6, 6.07) is 7.44. The van der Waals surface area contributed by atoms with Crippen molar-refractivity contribution in [2.75, 3.05) is 7.11 Å². The number of carbonyl (C=O) groups excluding carboxylic acids is 2. The SMILES string of the molecule is CCCC[C@H](c1ccc(C(=O)OC)cc1)N1C(=O)C(CC(C)C)NC1(C)CCC(C)C(C)(C)C. The van der Waals surface area contributed by atoms with Gasteiger partial charge in [-0.2, -0.15) is 0 Å². The van der Waals surface area contributed by atoms with Gasteiger partial charge in [0.25, 0.3) is 0 Å². The van der Waals surface area contributed by atoms with Gasteiger partial charge in [-0.05, 0) is 67.6 Å². The van der Waals surface area contributed by atoms with E-state index in [0.717, 1.165) is 44.1 Å². The van der Waals surface area contributed by atoms with E-state index in [0.29, 0.717) is 17.4 Å². The summed E-state index contributed by atoms with van der Waals surface area (Å²) in [6.45, 7) is 17.9. The molecule has 1 N–H and O–H groups in total. The molecule has 1 aromatic rings. The Bertz CT molecular complexity index is 812. The molecule has 0 aliphatic carbocycles. The third-order valence-electron chi connectivity index (χ3n) is 7.66. The highest BCUT2D eigenvalue weighted by atomic mass is 16.5. The molecule has 0 bridgehead atoms. The fourth-order valence-corrected chi connectivity index (χ4v) is 4.97. The summed E-state index contributed by atoms with van der Waals surface area (Å²) in [7, 11) is 1.40. The largest absolute Gasteiger partial charge is 0.465 e. The molecule has 1 aliphatic rings. The maximum Gasteiger partial charge on any atom is 0.337 e. The molecule has 3 unspecified atom stereocenters. The van der Waals surface area contributed by atoms with Crippen molar-refractivity contribution in [1.29, 1.82) is 0 Å². The van der Waals surface area contributed by atoms with E-state index in [1.807, 2.05) is 24.3 Å². The Balaban J connectivity index is 2.44. The molecule has 0 saturated carbocycles. The summed E-state index contributed by atoms with van der Waals surface area (Å²) in [5, 5.41) is 3.77. The van der Waals surface area contributed by atoms with Gasteiger partial charge in [-0.1, -0.05) is 73.4 Å². The van der Waals surface area contributed by atoms with Crippen molar-refractivity contribution in [1.82, 2.24) is 10.2 Å². The molecule has 5 nitrogen and oxygen atoms in total. The van der Waals surface area contributed by atoms with E-state index in [1.165, 1.54) is 7.11 Å². The first-order valence-electron chi connectivity index (χ1n) is 13.1. The summed E-state index contributed by atoms with van der Waals surface area (Å²) in [6.07, 6.45) is 5.80. The van der Waals surface area contributed by atoms with Gasteiger partial charge >= 0.3 is 5.97 Å². The van der Waals surface area contributed by atoms with Crippen LogP contribution in [-0.4, -0.2) is 35.6 Å². The van der Waals surface area contributed by atoms with Crippen LogP contribution in [0.5, 0.6) is 0 Å². The Morgan fingerprint density at radius 1 is 1.15 bits per heavy atom. The highest BCUT2D eigenvalue weighted by Gasteiger charge is 2.50. The maximum atomic E-state index is 13.9. The van der Waals surface area contributed by atoms with Crippen molar-refractivity contribution >= 4 is 11.9 Å². The molecule has 2 rings (SSSR count). The maximum absolute atomic E-state index is 13.9. The van der Waals surface area contributed by atoms with E-state index in [1.54, 1.807) is 0 Å². The van der Waals surface area contributed by atoms with Crippen LogP contribution < -0.4 is 5.32 Å². The number of rotatable bonds is 11. The van der Waals surface area contributed by atoms with Crippen molar-refractivity contribution in [2.24, 2.45) is 17.3 Å². The number of nitrogens with one attached hydrogen (secondary N) is 1. The lowest BCUT2D eigenvalue weighted by molar-refractivity contribution is -0.135. The van der Waals surface area contributed by atoms with E-state index < -0.39 is 5.66 Å². The third kappa shape index (κ3) is 6.84. The van der Waals surface area contributed by atoms with Gasteiger partial charge in [0.15, 0.2) is 0 Å². The Labute approximate surface area is 208 Å². The molecule has 4 atom stereocenters. The number of methoxy groups -OCH3 is 1. The van der Waals surface area contributed by atoms with E-state index in [9.17, 15) is 9.59 Å². The molecule has 1 heterocycles. The summed E-state index contributed by atoms with van der Waals surface area (Å²) in [4.78, 5) is 28.0. The fourth-order valence-electron chi connectivity index (χ4n) is 4.97. The van der Waals surface area contributed by atoms with Gasteiger partial charge in [0.2, 0.25) is 5.91 Å². The number of amides is 1. The van der Waals surface area contributed by atoms with Crippen LogP contribution in [-0.2, 0) is 9.53 Å². The summed E-state index contributed by atoms with van der Waals surface area (Å²) in [5.74, 6) is 0.847. The monoisotopic (exact) mass is 472 g/mol. The third-order valence-corrected chi connectivity index (χ3v) is 7.66. The van der Waals surface area contributed by atoms with Crippen molar-refractivity contribution in [3.05, 3.63) is 35.4 Å². The van der Waals surface area contributed by atoms with Crippen LogP contribution in [0, 0.1) is 17.3 Å². The summed E-state index contributed by atoms with van der Waals surface area (Å²) >= 11 is 0. The lowest BCUT2D eigenvalue weighted by Crippen LogP contribution is -2.52. The normalized spacial score (nSPS) is 22.8. The number of benzene rings is 1. The van der Waals surface area contributed by atoms with Gasteiger partial charge in [-0.15, -0.1) is 0 Å². The molecule has 192 valence electrons. The van der Waals surface area contributed by atoms with Crippen molar-refractivity contribution < 1.29 is 14.3 Å². The molecule has 0 spiro atoms. The van der Waals surface area contributed by atoms with Gasteiger partial charge in [-0.25, -0.2) is 4.79 Å². The number of ether oxygens (including phenoxy) is 1. The highest BCUT2D eigenvalue weighted by molar-refractivity contribution is 5.89. The minimum atomic E-state index is -0.407. The zero-order valence-corrected chi connectivity index (χ0v) is 23.0. The smallest absolute Gasteiger partial charge is 0.337 e. The molecular formula is C29H48N2O3. The van der Waals surface area contributed by atoms with Gasteiger partial charge in [-0.3, -0.25) is 10.1 Å². The fraction of sp³-hybridized carbons (Fsp3) is 0.724. The molecule has 1 aliphatic heterocycles. The van der Waals surface area contributed by atoms with Crippen LogP contribution in [0.25, 0.3) is 0 Å². The van der Waals surface area contributed by atoms with E-state index in [2.05, 4.69) is 65.6 Å². The predicted molar refractivity (Wildman–Crippen MR) is 140 cm³/mol. The molecule has 1 saturated heterocycles. The van der Waals surface area contributed by atoms with Crippen LogP contribution in [0.15, 0.2) is 24.3 Å². The molecule has 0 radical (unpaired) electrons. The zero-order chi connectivity index (χ0) is 25.7. The van der Waals surface area contributed by atoms with Gasteiger partial charge < -0.3 is 9.64 Å². The first kappa shape index (κ1) is 28.4. The number of unbranched alkanes of at least 4 members (excludes halogenated alkanes) is 1. The van der Waals surface area contributed by atoms with Gasteiger partial charge in [0.05, 0.1) is 30.4 Å². The molecule has 1 aromatic carbocycles. The quantitative estimate of drug-likeness (QED) is 0.363. The second kappa shape index (κ2) is 11.7. The van der Waals surface area contributed by atoms with Crippen LogP contribution in [0.2, 0.25) is 0 Å². The van der Waals surface area contributed by atoms with Crippen LogP contribution in [0.3, 0.4) is 0 Å². The summed E-state index contributed by atoms with van der Waals surface area (Å²) in [5.41, 5.74) is 1.43. The Morgan fingerprint density at radius 2 is 1.76 bits per heavy atom. The molecule has 34 heavy (non-hydrogen) atoms. The molecule has 5 heteroatoms. The van der Waals surface area contributed by atoms with Gasteiger partial charge in [0.1, 0.15) is 0 Å². The van der Waals surface area contributed by atoms with Crippen LogP contribution >= 0.6 is 0 Å². The number of esters is 1. The first-order chi connectivity index (χ1) is 15.8. The molecule has 0 aromatic heterocycles. The number of hydrogen-bond acceptors (Lipinski definition) is 4. The van der Waals surface area contributed by atoms with Crippen LogP contribution in [0.1, 0.15) is 116 Å². The average Bonchev–Trinajstić information content (AvgIpc) is 3.01. The topological polar surface area (TPSA) is 58.6 Å². The predicted octanol–water partition coefficient (Wildman–Crippen LogP) is 6.73. The van der Waals surface area contributed by atoms with Crippen molar-refractivity contribution in [3.8, 4) is 0 Å². The van der Waals surface area contributed by atoms with Gasteiger partial charge in [0, 0.05) is 0 Å². The lowest BCUT2D eigenvalue weighted by Gasteiger charge is -2.42. The standard InChI is InChI=1S/C29H48N2O3/c1-10-11-12-25(22-13-15-23(16-14-22)27(33)34-9)31-26(32)24(19-20(2)3)30-29(31,8)18-17-21(4)28(5,6)7/h13-16,20-21,24-25,30H,10-12,17-19H2,1-9H3/t21?,24?,25-,29?/m1/s1. The molecule has 1 amide bonds. The van der Waals surface area contributed by atoms with E-state index >= 15 is 0 Å². The molecule has 1 fully saturated rings. The van der Waals surface area contributed by atoms with E-state index in [4.69, 9.17) is 4.74 Å². The Kier molecular flexibility index (Phi) is 9.76. The summed E-state index contributed by atoms with van der Waals surface area (Å²) < 4.78 is 4.87. The van der Waals surface area contributed by atoms with Crippen molar-refractivity contribution in [2.45, 2.75) is 112 Å². The Morgan fingerprint density at radius 3 is 2.26 bits per heavy atom. The lowest BCUT2D eigenvalue weighted by atomic mass is 9.78. The second-order valence-electron chi connectivity index (χ2n) is 11.9. The number of hydrogen-bond donors (Lipinski definition) is 1. The highest BCUT2D eigenvalue weighted by Crippen LogP contribution is 2.41. The first-order valence-corrected chi connectivity index (χ1v) is 13.1. The average molecular weight is 473 g/mol. The zero-order valence-electron chi connectivity index (χ0n) is 23.0. The minimum Gasteiger partial charge on any atom is -0.465 e. The molecular weight excluding hydrogens is 424 g/mol. The van der Waals surface area contributed by atoms with Crippen LogP contribution in [0.4, 0.5) is 0 Å². The second-order valence-corrected chi connectivity index (χ2v) is 11.9. The minimum absolute atomic E-state index is 0.0289. The number of carbonyl (C=O) groups is 2. The number of nitrogens with zero attached hydrogens (tertiary/aromatic N) is 1. The Hall–Kier alpha value is -1.88.